The Labute approximate surface area is 191 Å². The van der Waals surface area contributed by atoms with Crippen molar-refractivity contribution in [3.63, 3.8) is 0 Å². The molecule has 0 aromatic carbocycles. The van der Waals surface area contributed by atoms with Gasteiger partial charge in [-0.3, -0.25) is 15.2 Å². The predicted molar refractivity (Wildman–Crippen MR) is 124 cm³/mol. The lowest BCUT2D eigenvalue weighted by atomic mass is 10.2. The molecule has 0 aromatic heterocycles. The second-order valence-corrected chi connectivity index (χ2v) is 9.52. The quantitative estimate of drug-likeness (QED) is 0.0431. The fraction of sp³-hybridized carbons (Fsp3) is 0.789. The van der Waals surface area contributed by atoms with Crippen LogP contribution in [0.3, 0.4) is 0 Å². The molecule has 1 fully saturated rings. The van der Waals surface area contributed by atoms with Gasteiger partial charge >= 0.3 is 5.97 Å². The molecule has 0 aliphatic carbocycles. The van der Waals surface area contributed by atoms with Crippen molar-refractivity contribution in [3.05, 3.63) is 11.5 Å². The summed E-state index contributed by atoms with van der Waals surface area (Å²) in [5.41, 5.74) is 9.68. The Hall–Kier alpha value is -1.69. The van der Waals surface area contributed by atoms with E-state index in [4.69, 9.17) is 26.8 Å². The van der Waals surface area contributed by atoms with Crippen LogP contribution >= 0.6 is 8.73 Å². The first kappa shape index (κ1) is 28.3. The minimum absolute atomic E-state index is 0.0210. The summed E-state index contributed by atoms with van der Waals surface area (Å²) in [6.45, 7) is 10.0. The van der Waals surface area contributed by atoms with Gasteiger partial charge in [-0.15, -0.1) is 0 Å². The number of hydrazine groups is 1. The van der Waals surface area contributed by atoms with Gasteiger partial charge < -0.3 is 31.4 Å². The van der Waals surface area contributed by atoms with E-state index in [1.54, 1.807) is 0 Å². The summed E-state index contributed by atoms with van der Waals surface area (Å²) in [5, 5.41) is 19.9. The first-order valence-electron chi connectivity index (χ1n) is 10.8. The number of nitrogens with two attached hydrogens (primary N) is 3. The van der Waals surface area contributed by atoms with Gasteiger partial charge in [0.1, 0.15) is 17.7 Å². The van der Waals surface area contributed by atoms with Crippen LogP contribution in [0.5, 0.6) is 0 Å². The van der Waals surface area contributed by atoms with Crippen molar-refractivity contribution < 1.29 is 24.2 Å². The Balaban J connectivity index is 2.79. The number of carbonyl (C=O) groups excluding carboxylic acids is 1. The monoisotopic (exact) mass is 477 g/mol. The van der Waals surface area contributed by atoms with Crippen LogP contribution in [0.1, 0.15) is 53.9 Å². The highest BCUT2D eigenvalue weighted by atomic mass is 31.1. The van der Waals surface area contributed by atoms with Gasteiger partial charge in [-0.1, -0.05) is 6.92 Å². The average Bonchev–Trinajstić information content (AvgIpc) is 3.17. The third kappa shape index (κ3) is 8.34. The van der Waals surface area contributed by atoms with Crippen LogP contribution in [-0.2, 0) is 19.1 Å². The number of nitrogens with one attached hydrogen (secondary N) is 3. The summed E-state index contributed by atoms with van der Waals surface area (Å²) in [6, 6.07) is -0.0309. The van der Waals surface area contributed by atoms with Crippen molar-refractivity contribution >= 4 is 20.6 Å². The molecule has 12 nitrogen and oxygen atoms in total. The number of ether oxygens (including phenoxy) is 2. The molecule has 0 radical (unpaired) electrons. The van der Waals surface area contributed by atoms with Crippen LogP contribution in [0.15, 0.2) is 11.5 Å². The van der Waals surface area contributed by atoms with E-state index < -0.39 is 29.7 Å². The van der Waals surface area contributed by atoms with Crippen molar-refractivity contribution in [1.29, 1.82) is 0 Å². The van der Waals surface area contributed by atoms with Crippen LogP contribution in [0.4, 0.5) is 0 Å². The molecule has 32 heavy (non-hydrogen) atoms. The van der Waals surface area contributed by atoms with Crippen LogP contribution in [-0.4, -0.2) is 65.0 Å². The van der Waals surface area contributed by atoms with E-state index in [2.05, 4.69) is 15.7 Å². The molecule has 186 valence electrons. The number of rotatable bonds is 14. The van der Waals surface area contributed by atoms with E-state index in [1.807, 2.05) is 34.6 Å². The third-order valence-electron chi connectivity index (χ3n) is 4.50. The van der Waals surface area contributed by atoms with Crippen LogP contribution < -0.4 is 33.0 Å². The fourth-order valence-electron chi connectivity index (χ4n) is 2.99. The van der Waals surface area contributed by atoms with Gasteiger partial charge in [-0.05, 0) is 47.0 Å². The summed E-state index contributed by atoms with van der Waals surface area (Å²) in [4.78, 5) is 24.8. The fourth-order valence-corrected chi connectivity index (χ4v) is 4.10. The van der Waals surface area contributed by atoms with Crippen LogP contribution in [0, 0.1) is 0 Å². The molecule has 4 atom stereocenters. The van der Waals surface area contributed by atoms with Crippen molar-refractivity contribution in [1.82, 2.24) is 20.7 Å². The largest absolute Gasteiger partial charge is 0.478 e. The minimum Gasteiger partial charge on any atom is -0.478 e. The molecule has 0 aromatic rings. The highest BCUT2D eigenvalue weighted by Gasteiger charge is 2.42. The van der Waals surface area contributed by atoms with Gasteiger partial charge in [0, 0.05) is 27.4 Å². The third-order valence-corrected chi connectivity index (χ3v) is 6.08. The summed E-state index contributed by atoms with van der Waals surface area (Å²) in [6.07, 6.45) is 0.648. The number of hydrogen-bond donors (Lipinski definition) is 7. The molecule has 1 aliphatic heterocycles. The van der Waals surface area contributed by atoms with E-state index in [0.29, 0.717) is 19.4 Å². The molecule has 1 aliphatic rings. The summed E-state index contributed by atoms with van der Waals surface area (Å²) in [5.74, 6) is 4.15. The normalized spacial score (nSPS) is 20.6. The zero-order valence-corrected chi connectivity index (χ0v) is 20.6. The van der Waals surface area contributed by atoms with Gasteiger partial charge in [-0.2, -0.15) is 0 Å². The summed E-state index contributed by atoms with van der Waals surface area (Å²) in [7, 11) is -0.222. The maximum atomic E-state index is 12.7. The van der Waals surface area contributed by atoms with Crippen molar-refractivity contribution in [2.24, 2.45) is 17.3 Å². The molecule has 1 amide bonds. The zero-order chi connectivity index (χ0) is 24.5. The second kappa shape index (κ2) is 13.1. The Morgan fingerprint density at radius 1 is 1.25 bits per heavy atom. The van der Waals surface area contributed by atoms with E-state index in [1.165, 1.54) is 0 Å². The van der Waals surface area contributed by atoms with Gasteiger partial charge in [0.2, 0.25) is 5.47 Å². The number of carbonyl (C=O) groups is 2. The van der Waals surface area contributed by atoms with Gasteiger partial charge in [0.05, 0.1) is 12.7 Å². The van der Waals surface area contributed by atoms with Crippen LogP contribution in [0.2, 0.25) is 0 Å². The van der Waals surface area contributed by atoms with Gasteiger partial charge in [-0.25, -0.2) is 15.6 Å². The van der Waals surface area contributed by atoms with E-state index >= 15 is 0 Å². The first-order chi connectivity index (χ1) is 14.9. The van der Waals surface area contributed by atoms with Gasteiger partial charge in [0.25, 0.3) is 5.91 Å². The highest BCUT2D eigenvalue weighted by molar-refractivity contribution is 7.38. The van der Waals surface area contributed by atoms with Crippen molar-refractivity contribution in [2.75, 3.05) is 13.2 Å². The zero-order valence-electron chi connectivity index (χ0n) is 19.6. The number of carboxylic acids is 1. The van der Waals surface area contributed by atoms with Crippen molar-refractivity contribution in [3.8, 4) is 0 Å². The maximum absolute atomic E-state index is 12.7. The Kier molecular flexibility index (Phi) is 11.6. The van der Waals surface area contributed by atoms with Crippen molar-refractivity contribution in [2.45, 2.75) is 83.8 Å². The molecule has 10 N–H and O–H groups in total. The second-order valence-electron chi connectivity index (χ2n) is 8.28. The van der Waals surface area contributed by atoms with E-state index in [9.17, 15) is 14.7 Å². The summed E-state index contributed by atoms with van der Waals surface area (Å²) >= 11 is 0. The molecule has 0 bridgehead atoms. The molecule has 0 saturated carbocycles. The number of hydrogen-bond acceptors (Lipinski definition) is 10. The number of nitrogens with zero attached hydrogens (tertiary/aromatic N) is 1. The minimum atomic E-state index is -1.59. The number of carboxylic acid groups (broad SMARTS) is 1. The molecule has 0 spiro atoms. The number of amides is 1. The lowest BCUT2D eigenvalue weighted by Gasteiger charge is -2.34. The molecule has 1 saturated heterocycles. The lowest BCUT2D eigenvalue weighted by molar-refractivity contribution is -0.165. The maximum Gasteiger partial charge on any atom is 0.357 e. The average molecular weight is 478 g/mol. The van der Waals surface area contributed by atoms with Gasteiger partial charge in [0.15, 0.2) is 0 Å². The smallest absolute Gasteiger partial charge is 0.357 e. The Bertz CT molecular complexity index is 660. The highest BCUT2D eigenvalue weighted by Crippen LogP contribution is 2.31. The molecule has 1 rings (SSSR count). The lowest BCUT2D eigenvalue weighted by Crippen LogP contribution is -2.55. The molecular formula is C19H40N7O5P. The SMILES string of the molecule is CCCNC(C(=O)N(N)C1CCC(COC(NC(C)C)(PNC(C)C)C(=O)O)O1)=C(N)N. The molecule has 1 heterocycles. The van der Waals surface area contributed by atoms with Crippen LogP contribution in [0.25, 0.3) is 0 Å². The summed E-state index contributed by atoms with van der Waals surface area (Å²) < 4.78 is 11.7. The Morgan fingerprint density at radius 2 is 1.91 bits per heavy atom. The standard InChI is InChI=1S/C19H40N7O5P/c1-6-9-23-15(16(20)21)17(27)26(22)14-8-7-13(31-14)10-30-19(18(28)29,24-11(2)3)32-25-12(4)5/h11-14,23-25,32H,6-10,20-22H2,1-5H3,(H,28,29). The van der Waals surface area contributed by atoms with E-state index in [-0.39, 0.29) is 38.9 Å². The topological polar surface area (TPSA) is 190 Å². The van der Waals surface area contributed by atoms with E-state index in [0.717, 1.165) is 11.4 Å². The molecule has 13 heteroatoms. The number of aliphatic carboxylic acids is 1. The molecule has 4 unspecified atom stereocenters. The first-order valence-corrected chi connectivity index (χ1v) is 11.8. The Morgan fingerprint density at radius 3 is 2.41 bits per heavy atom. The molecular weight excluding hydrogens is 437 g/mol. The predicted octanol–water partition coefficient (Wildman–Crippen LogP) is -0.376.